The summed E-state index contributed by atoms with van der Waals surface area (Å²) in [5.41, 5.74) is -1.71. The molecule has 0 bridgehead atoms. The SMILES string of the molecule is CC1(F)COC1F. The Hall–Kier alpha value is -0.180. The van der Waals surface area contributed by atoms with E-state index in [1.165, 1.54) is 6.92 Å². The second kappa shape index (κ2) is 1.15. The molecular formula is C4H6F2O. The van der Waals surface area contributed by atoms with Crippen molar-refractivity contribution in [3.63, 3.8) is 0 Å². The van der Waals surface area contributed by atoms with Crippen molar-refractivity contribution in [2.45, 2.75) is 19.0 Å². The molecule has 0 amide bonds. The summed E-state index contributed by atoms with van der Waals surface area (Å²) >= 11 is 0. The summed E-state index contributed by atoms with van der Waals surface area (Å²) in [5.74, 6) is 0. The van der Waals surface area contributed by atoms with Crippen LogP contribution in [0.5, 0.6) is 0 Å². The molecule has 1 aliphatic heterocycles. The van der Waals surface area contributed by atoms with Crippen molar-refractivity contribution in [1.29, 1.82) is 0 Å². The molecule has 0 saturated carbocycles. The Morgan fingerprint density at radius 2 is 2.29 bits per heavy atom. The van der Waals surface area contributed by atoms with Crippen LogP contribution in [0.1, 0.15) is 6.92 Å². The van der Waals surface area contributed by atoms with Gasteiger partial charge in [-0.05, 0) is 6.92 Å². The Kier molecular flexibility index (Phi) is 0.819. The molecule has 1 aliphatic rings. The summed E-state index contributed by atoms with van der Waals surface area (Å²) in [5, 5.41) is 0. The van der Waals surface area contributed by atoms with Crippen LogP contribution in [0, 0.1) is 0 Å². The quantitative estimate of drug-likeness (QED) is 0.450. The molecule has 1 fully saturated rings. The molecule has 0 N–H and O–H groups in total. The van der Waals surface area contributed by atoms with Crippen molar-refractivity contribution >= 4 is 0 Å². The van der Waals surface area contributed by atoms with Crippen LogP contribution >= 0.6 is 0 Å². The molecule has 7 heavy (non-hydrogen) atoms. The fourth-order valence-corrected chi connectivity index (χ4v) is 0.376. The number of alkyl halides is 2. The Morgan fingerprint density at radius 3 is 2.29 bits per heavy atom. The van der Waals surface area contributed by atoms with E-state index >= 15 is 0 Å². The van der Waals surface area contributed by atoms with Crippen molar-refractivity contribution < 1.29 is 13.5 Å². The fraction of sp³-hybridized carbons (Fsp3) is 1.00. The molecule has 1 saturated heterocycles. The van der Waals surface area contributed by atoms with Gasteiger partial charge >= 0.3 is 0 Å². The maximum absolute atomic E-state index is 12.1. The predicted octanol–water partition coefficient (Wildman–Crippen LogP) is 1.04. The van der Waals surface area contributed by atoms with Gasteiger partial charge in [-0.25, -0.2) is 8.78 Å². The van der Waals surface area contributed by atoms with Crippen LogP contribution in [0.25, 0.3) is 0 Å². The first-order chi connectivity index (χ1) is 3.13. The van der Waals surface area contributed by atoms with Gasteiger partial charge in [0.25, 0.3) is 0 Å². The minimum absolute atomic E-state index is 0.103. The molecular weight excluding hydrogens is 102 g/mol. The van der Waals surface area contributed by atoms with Gasteiger partial charge in [-0.1, -0.05) is 0 Å². The van der Waals surface area contributed by atoms with Gasteiger partial charge in [-0.2, -0.15) is 0 Å². The molecule has 1 rings (SSSR count). The van der Waals surface area contributed by atoms with Crippen molar-refractivity contribution in [2.24, 2.45) is 0 Å². The first-order valence-electron chi connectivity index (χ1n) is 2.07. The van der Waals surface area contributed by atoms with Crippen molar-refractivity contribution in [3.8, 4) is 0 Å². The van der Waals surface area contributed by atoms with Crippen molar-refractivity contribution in [3.05, 3.63) is 0 Å². The van der Waals surface area contributed by atoms with E-state index in [4.69, 9.17) is 0 Å². The van der Waals surface area contributed by atoms with Crippen LogP contribution in [-0.2, 0) is 4.74 Å². The second-order valence-corrected chi connectivity index (χ2v) is 1.91. The molecule has 0 spiro atoms. The first-order valence-corrected chi connectivity index (χ1v) is 2.07. The zero-order chi connectivity index (χ0) is 5.49. The highest BCUT2D eigenvalue weighted by Crippen LogP contribution is 2.29. The minimum Gasteiger partial charge on any atom is -0.342 e. The van der Waals surface area contributed by atoms with Crippen LogP contribution in [-0.4, -0.2) is 18.6 Å². The third-order valence-electron chi connectivity index (χ3n) is 0.985. The van der Waals surface area contributed by atoms with E-state index in [1.54, 1.807) is 0 Å². The fourth-order valence-electron chi connectivity index (χ4n) is 0.376. The van der Waals surface area contributed by atoms with E-state index < -0.39 is 12.0 Å². The standard InChI is InChI=1S/C4H6F2O/c1-4(6)2-7-3(4)5/h3H,2H2,1H3. The Balaban J connectivity index is 2.43. The van der Waals surface area contributed by atoms with Crippen LogP contribution in [0.4, 0.5) is 8.78 Å². The average molecular weight is 108 g/mol. The van der Waals surface area contributed by atoms with Gasteiger partial charge in [0.1, 0.15) is 0 Å². The lowest BCUT2D eigenvalue weighted by Gasteiger charge is -2.33. The minimum atomic E-state index is -1.71. The summed E-state index contributed by atoms with van der Waals surface area (Å²) in [6.45, 7) is 1.08. The van der Waals surface area contributed by atoms with Gasteiger partial charge in [0.15, 0.2) is 5.67 Å². The highest BCUT2D eigenvalue weighted by Gasteiger charge is 2.45. The lowest BCUT2D eigenvalue weighted by molar-refractivity contribution is -0.247. The molecule has 3 heteroatoms. The van der Waals surface area contributed by atoms with E-state index in [2.05, 4.69) is 4.74 Å². The summed E-state index contributed by atoms with van der Waals surface area (Å²) < 4.78 is 27.9. The number of halogens is 2. The summed E-state index contributed by atoms with van der Waals surface area (Å²) in [6.07, 6.45) is -1.69. The Labute approximate surface area is 40.3 Å². The molecule has 0 aromatic heterocycles. The van der Waals surface area contributed by atoms with Gasteiger partial charge in [-0.3, -0.25) is 0 Å². The highest BCUT2D eigenvalue weighted by atomic mass is 19.2. The van der Waals surface area contributed by atoms with E-state index in [0.717, 1.165) is 0 Å². The molecule has 0 aliphatic carbocycles. The number of hydrogen-bond donors (Lipinski definition) is 0. The van der Waals surface area contributed by atoms with Gasteiger partial charge in [0, 0.05) is 0 Å². The van der Waals surface area contributed by atoms with Gasteiger partial charge in [-0.15, -0.1) is 0 Å². The maximum atomic E-state index is 12.1. The molecule has 2 atom stereocenters. The number of ether oxygens (including phenoxy) is 1. The van der Waals surface area contributed by atoms with Crippen molar-refractivity contribution in [2.75, 3.05) is 6.61 Å². The number of hydrogen-bond acceptors (Lipinski definition) is 1. The highest BCUT2D eigenvalue weighted by molar-refractivity contribution is 4.84. The Morgan fingerprint density at radius 1 is 1.86 bits per heavy atom. The van der Waals surface area contributed by atoms with Crippen molar-refractivity contribution in [1.82, 2.24) is 0 Å². The monoisotopic (exact) mass is 108 g/mol. The lowest BCUT2D eigenvalue weighted by Crippen LogP contribution is -2.49. The van der Waals surface area contributed by atoms with E-state index in [9.17, 15) is 8.78 Å². The van der Waals surface area contributed by atoms with Gasteiger partial charge in [0.05, 0.1) is 6.61 Å². The second-order valence-electron chi connectivity index (χ2n) is 1.91. The topological polar surface area (TPSA) is 9.23 Å². The molecule has 42 valence electrons. The van der Waals surface area contributed by atoms with Crippen LogP contribution in [0.2, 0.25) is 0 Å². The van der Waals surface area contributed by atoms with Gasteiger partial charge in [0.2, 0.25) is 6.36 Å². The van der Waals surface area contributed by atoms with Gasteiger partial charge < -0.3 is 4.74 Å². The van der Waals surface area contributed by atoms with Crippen LogP contribution in [0.15, 0.2) is 0 Å². The summed E-state index contributed by atoms with van der Waals surface area (Å²) in [6, 6.07) is 0. The lowest BCUT2D eigenvalue weighted by atomic mass is 10.1. The third-order valence-corrected chi connectivity index (χ3v) is 0.985. The smallest absolute Gasteiger partial charge is 0.235 e. The molecule has 0 radical (unpaired) electrons. The number of rotatable bonds is 0. The van der Waals surface area contributed by atoms with Crippen LogP contribution < -0.4 is 0 Å². The summed E-state index contributed by atoms with van der Waals surface area (Å²) in [4.78, 5) is 0. The zero-order valence-corrected chi connectivity index (χ0v) is 3.95. The normalized spacial score (nSPS) is 51.0. The molecule has 1 heterocycles. The van der Waals surface area contributed by atoms with Crippen LogP contribution in [0.3, 0.4) is 0 Å². The molecule has 0 aromatic carbocycles. The first kappa shape index (κ1) is 4.97. The van der Waals surface area contributed by atoms with E-state index in [0.29, 0.717) is 0 Å². The molecule has 0 aromatic rings. The predicted molar refractivity (Wildman–Crippen MR) is 20.4 cm³/mol. The third kappa shape index (κ3) is 0.608. The largest absolute Gasteiger partial charge is 0.342 e. The molecule has 1 nitrogen and oxygen atoms in total. The Bertz CT molecular complexity index is 81.8. The maximum Gasteiger partial charge on any atom is 0.235 e. The molecule has 2 unspecified atom stereocenters. The van der Waals surface area contributed by atoms with E-state index in [-0.39, 0.29) is 6.61 Å². The van der Waals surface area contributed by atoms with E-state index in [1.807, 2.05) is 0 Å². The average Bonchev–Trinajstić information content (AvgIpc) is 1.63. The summed E-state index contributed by atoms with van der Waals surface area (Å²) in [7, 11) is 0. The zero-order valence-electron chi connectivity index (χ0n) is 3.95.